The number of nitrogens with one attached hydrogen (secondary N) is 1. The summed E-state index contributed by atoms with van der Waals surface area (Å²) >= 11 is 1.73. The number of nitrogens with zero attached hydrogens (tertiary/aromatic N) is 1. The Bertz CT molecular complexity index is 465. The number of aliphatic hydroxyl groups is 1. The Labute approximate surface area is 124 Å². The first-order valence-electron chi connectivity index (χ1n) is 7.06. The Morgan fingerprint density at radius 3 is 2.90 bits per heavy atom. The van der Waals surface area contributed by atoms with Gasteiger partial charge in [-0.2, -0.15) is 0 Å². The average Bonchev–Trinajstić information content (AvgIpc) is 2.40. The molecule has 1 aliphatic rings. The highest BCUT2D eigenvalue weighted by Gasteiger charge is 2.22. The van der Waals surface area contributed by atoms with Crippen LogP contribution in [0.2, 0.25) is 0 Å². The van der Waals surface area contributed by atoms with Crippen molar-refractivity contribution in [1.82, 2.24) is 4.90 Å². The van der Waals surface area contributed by atoms with Crippen molar-refractivity contribution in [2.75, 3.05) is 18.4 Å². The first-order chi connectivity index (χ1) is 9.56. The summed E-state index contributed by atoms with van der Waals surface area (Å²) in [5.74, 6) is 0. The number of rotatable bonds is 3. The van der Waals surface area contributed by atoms with Gasteiger partial charge in [-0.05, 0) is 25.0 Å². The van der Waals surface area contributed by atoms with Gasteiger partial charge >= 0.3 is 6.03 Å². The van der Waals surface area contributed by atoms with Crippen molar-refractivity contribution < 1.29 is 9.90 Å². The van der Waals surface area contributed by atoms with Crippen LogP contribution < -0.4 is 5.32 Å². The van der Waals surface area contributed by atoms with Crippen LogP contribution in [0.25, 0.3) is 0 Å². The van der Waals surface area contributed by atoms with Gasteiger partial charge in [-0.25, -0.2) is 4.79 Å². The predicted octanol–water partition coefficient (Wildman–Crippen LogP) is 3.18. The minimum Gasteiger partial charge on any atom is -0.391 e. The van der Waals surface area contributed by atoms with Gasteiger partial charge in [0.2, 0.25) is 0 Å². The molecule has 1 saturated heterocycles. The zero-order chi connectivity index (χ0) is 14.5. The summed E-state index contributed by atoms with van der Waals surface area (Å²) in [6, 6.07) is 7.71. The average molecular weight is 294 g/mol. The van der Waals surface area contributed by atoms with Gasteiger partial charge in [0.1, 0.15) is 0 Å². The fourth-order valence-corrected chi connectivity index (χ4v) is 3.17. The molecule has 2 N–H and O–H groups in total. The molecule has 0 bridgehead atoms. The van der Waals surface area contributed by atoms with Crippen LogP contribution in [0.3, 0.4) is 0 Å². The third-order valence-electron chi connectivity index (χ3n) is 3.18. The number of para-hydroxylation sites is 1. The molecule has 1 aromatic carbocycles. The van der Waals surface area contributed by atoms with Crippen molar-refractivity contribution in [2.45, 2.75) is 42.9 Å². The minimum atomic E-state index is -0.394. The monoisotopic (exact) mass is 294 g/mol. The fourth-order valence-electron chi connectivity index (χ4n) is 2.26. The van der Waals surface area contributed by atoms with Crippen molar-refractivity contribution in [3.63, 3.8) is 0 Å². The molecule has 4 nitrogen and oxygen atoms in total. The van der Waals surface area contributed by atoms with Crippen molar-refractivity contribution in [3.05, 3.63) is 24.3 Å². The molecule has 2 amide bonds. The number of aliphatic hydroxyl groups excluding tert-OH is 1. The second kappa shape index (κ2) is 6.99. The van der Waals surface area contributed by atoms with Crippen LogP contribution in [0.4, 0.5) is 10.5 Å². The largest absolute Gasteiger partial charge is 0.391 e. The van der Waals surface area contributed by atoms with Crippen LogP contribution in [-0.2, 0) is 0 Å². The number of β-amino-alcohol motifs (C(OH)–C–C–N with tert-alkyl or cyclic N) is 1. The van der Waals surface area contributed by atoms with Crippen LogP contribution in [-0.4, -0.2) is 40.5 Å². The molecule has 1 heterocycles. The Morgan fingerprint density at radius 1 is 1.45 bits per heavy atom. The number of thioether (sulfide) groups is 1. The predicted molar refractivity (Wildman–Crippen MR) is 83.3 cm³/mol. The lowest BCUT2D eigenvalue weighted by molar-refractivity contribution is 0.0883. The molecule has 1 unspecified atom stereocenters. The van der Waals surface area contributed by atoms with E-state index in [9.17, 15) is 9.90 Å². The Hall–Kier alpha value is -1.20. The fraction of sp³-hybridized carbons (Fsp3) is 0.533. The Kier molecular flexibility index (Phi) is 5.31. The molecule has 0 saturated carbocycles. The Morgan fingerprint density at radius 2 is 2.20 bits per heavy atom. The van der Waals surface area contributed by atoms with Gasteiger partial charge in [-0.15, -0.1) is 11.8 Å². The number of piperidine rings is 1. The van der Waals surface area contributed by atoms with Gasteiger partial charge in [0, 0.05) is 23.2 Å². The molecular weight excluding hydrogens is 272 g/mol. The summed E-state index contributed by atoms with van der Waals surface area (Å²) < 4.78 is 0. The number of hydrogen-bond donors (Lipinski definition) is 2. The minimum absolute atomic E-state index is 0.124. The van der Waals surface area contributed by atoms with Crippen LogP contribution in [0.5, 0.6) is 0 Å². The Balaban J connectivity index is 2.03. The molecule has 110 valence electrons. The maximum atomic E-state index is 12.2. The first kappa shape index (κ1) is 15.2. The van der Waals surface area contributed by atoms with Crippen molar-refractivity contribution >= 4 is 23.5 Å². The molecule has 0 spiro atoms. The summed E-state index contributed by atoms with van der Waals surface area (Å²) in [5, 5.41) is 13.1. The number of anilines is 1. The molecule has 5 heteroatoms. The van der Waals surface area contributed by atoms with Crippen molar-refractivity contribution in [3.8, 4) is 0 Å². The molecule has 0 radical (unpaired) electrons. The van der Waals surface area contributed by atoms with Gasteiger partial charge in [0.05, 0.1) is 11.8 Å². The highest BCUT2D eigenvalue weighted by Crippen LogP contribution is 2.30. The van der Waals surface area contributed by atoms with Gasteiger partial charge < -0.3 is 15.3 Å². The number of hydrogen-bond acceptors (Lipinski definition) is 3. The third kappa shape index (κ3) is 4.15. The maximum absolute atomic E-state index is 12.2. The number of likely N-dealkylation sites (tertiary alicyclic amines) is 1. The van der Waals surface area contributed by atoms with Gasteiger partial charge in [-0.1, -0.05) is 26.0 Å². The van der Waals surface area contributed by atoms with Crippen LogP contribution in [0.15, 0.2) is 29.2 Å². The van der Waals surface area contributed by atoms with E-state index in [2.05, 4.69) is 19.2 Å². The molecule has 1 atom stereocenters. The van der Waals surface area contributed by atoms with Gasteiger partial charge in [0.25, 0.3) is 0 Å². The van der Waals surface area contributed by atoms with E-state index in [1.807, 2.05) is 24.3 Å². The summed E-state index contributed by atoms with van der Waals surface area (Å²) in [6.07, 6.45) is 1.25. The molecule has 0 aliphatic carbocycles. The summed E-state index contributed by atoms with van der Waals surface area (Å²) in [4.78, 5) is 15.0. The SMILES string of the molecule is CC(C)Sc1ccccc1NC(=O)N1CCCC(O)C1. The maximum Gasteiger partial charge on any atom is 0.321 e. The van der Waals surface area contributed by atoms with Gasteiger partial charge in [-0.3, -0.25) is 0 Å². The number of amides is 2. The number of urea groups is 1. The topological polar surface area (TPSA) is 52.6 Å². The second-order valence-electron chi connectivity index (χ2n) is 5.33. The third-order valence-corrected chi connectivity index (χ3v) is 4.26. The van der Waals surface area contributed by atoms with Crippen LogP contribution in [0, 0.1) is 0 Å². The lowest BCUT2D eigenvalue weighted by atomic mass is 10.1. The molecule has 20 heavy (non-hydrogen) atoms. The molecular formula is C15H22N2O2S. The highest BCUT2D eigenvalue weighted by atomic mass is 32.2. The first-order valence-corrected chi connectivity index (χ1v) is 7.94. The molecule has 1 aromatic rings. The smallest absolute Gasteiger partial charge is 0.321 e. The van der Waals surface area contributed by atoms with Crippen molar-refractivity contribution in [1.29, 1.82) is 0 Å². The van der Waals surface area contributed by atoms with Crippen molar-refractivity contribution in [2.24, 2.45) is 0 Å². The number of carbonyl (C=O) groups excluding carboxylic acids is 1. The van der Waals surface area contributed by atoms with E-state index in [1.165, 1.54) is 0 Å². The summed E-state index contributed by atoms with van der Waals surface area (Å²) in [5.41, 5.74) is 0.844. The zero-order valence-electron chi connectivity index (χ0n) is 12.0. The standard InChI is InChI=1S/C15H22N2O2S/c1-11(2)20-14-8-4-3-7-13(14)16-15(19)17-9-5-6-12(18)10-17/h3-4,7-8,11-12,18H,5-6,9-10H2,1-2H3,(H,16,19). The van der Waals surface area contributed by atoms with E-state index in [-0.39, 0.29) is 6.03 Å². The quantitative estimate of drug-likeness (QED) is 0.842. The molecule has 0 aromatic heterocycles. The van der Waals surface area contributed by atoms with E-state index in [1.54, 1.807) is 16.7 Å². The lowest BCUT2D eigenvalue weighted by Gasteiger charge is -2.30. The summed E-state index contributed by atoms with van der Waals surface area (Å²) in [7, 11) is 0. The number of benzene rings is 1. The van der Waals surface area contributed by atoms with E-state index in [4.69, 9.17) is 0 Å². The van der Waals surface area contributed by atoms with E-state index in [0.717, 1.165) is 23.4 Å². The number of carbonyl (C=O) groups is 1. The normalized spacial score (nSPS) is 19.2. The molecule has 1 fully saturated rings. The second-order valence-corrected chi connectivity index (χ2v) is 6.95. The van der Waals surface area contributed by atoms with E-state index >= 15 is 0 Å². The van der Waals surface area contributed by atoms with E-state index in [0.29, 0.717) is 18.3 Å². The van der Waals surface area contributed by atoms with Gasteiger partial charge in [0.15, 0.2) is 0 Å². The van der Waals surface area contributed by atoms with Crippen LogP contribution >= 0.6 is 11.8 Å². The zero-order valence-corrected chi connectivity index (χ0v) is 12.8. The van der Waals surface area contributed by atoms with E-state index < -0.39 is 6.10 Å². The molecule has 2 rings (SSSR count). The highest BCUT2D eigenvalue weighted by molar-refractivity contribution is 8.00. The summed E-state index contributed by atoms with van der Waals surface area (Å²) in [6.45, 7) is 5.39. The lowest BCUT2D eigenvalue weighted by Crippen LogP contribution is -2.44. The molecule has 1 aliphatic heterocycles. The van der Waals surface area contributed by atoms with Crippen LogP contribution in [0.1, 0.15) is 26.7 Å².